The third-order valence-corrected chi connectivity index (χ3v) is 4.97. The van der Waals surface area contributed by atoms with E-state index in [-0.39, 0.29) is 23.3 Å². The van der Waals surface area contributed by atoms with Crippen LogP contribution in [0.5, 0.6) is 0 Å². The Balaban J connectivity index is 1.48. The van der Waals surface area contributed by atoms with E-state index in [1.54, 1.807) is 0 Å². The smallest absolute Gasteiger partial charge is 0.254 e. The molecular formula is C17H26N6O3. The average molecular weight is 362 g/mol. The maximum atomic E-state index is 12.5. The van der Waals surface area contributed by atoms with Crippen LogP contribution in [0.1, 0.15) is 32.1 Å². The van der Waals surface area contributed by atoms with Gasteiger partial charge in [0.1, 0.15) is 5.82 Å². The molecule has 0 bridgehead atoms. The number of nitrogens with two attached hydrogens (primary N) is 1. The molecule has 0 atom stereocenters. The van der Waals surface area contributed by atoms with Gasteiger partial charge in [-0.05, 0) is 12.8 Å². The van der Waals surface area contributed by atoms with E-state index in [9.17, 15) is 14.4 Å². The number of nitrogens with one attached hydrogen (secondary N) is 1. The van der Waals surface area contributed by atoms with E-state index >= 15 is 0 Å². The summed E-state index contributed by atoms with van der Waals surface area (Å²) in [5.74, 6) is 0.861. The first-order valence-corrected chi connectivity index (χ1v) is 9.20. The Kier molecular flexibility index (Phi) is 5.75. The van der Waals surface area contributed by atoms with E-state index in [1.807, 2.05) is 14.7 Å². The van der Waals surface area contributed by atoms with Gasteiger partial charge in [0.25, 0.3) is 5.56 Å². The second-order valence-electron chi connectivity index (χ2n) is 6.80. The highest BCUT2D eigenvalue weighted by molar-refractivity contribution is 5.79. The summed E-state index contributed by atoms with van der Waals surface area (Å²) in [6.07, 6.45) is 4.01. The number of piperazine rings is 1. The fourth-order valence-corrected chi connectivity index (χ4v) is 3.47. The quantitative estimate of drug-likeness (QED) is 0.766. The van der Waals surface area contributed by atoms with Gasteiger partial charge in [-0.25, -0.2) is 0 Å². The highest BCUT2D eigenvalue weighted by atomic mass is 16.2. The predicted octanol–water partition coefficient (Wildman–Crippen LogP) is -0.207. The van der Waals surface area contributed by atoms with Gasteiger partial charge in [-0.2, -0.15) is 4.98 Å². The van der Waals surface area contributed by atoms with Gasteiger partial charge in [0.15, 0.2) is 0 Å². The second kappa shape index (κ2) is 8.20. The average Bonchev–Trinajstić information content (AvgIpc) is 2.83. The Morgan fingerprint density at radius 2 is 1.88 bits per heavy atom. The van der Waals surface area contributed by atoms with Crippen molar-refractivity contribution in [2.45, 2.75) is 32.1 Å². The lowest BCUT2D eigenvalue weighted by Gasteiger charge is -2.35. The maximum Gasteiger partial charge on any atom is 0.254 e. The van der Waals surface area contributed by atoms with Crippen LogP contribution in [0.2, 0.25) is 0 Å². The Bertz CT molecular complexity index is 711. The molecule has 2 aliphatic rings. The molecular weight excluding hydrogens is 336 g/mol. The molecule has 142 valence electrons. The predicted molar refractivity (Wildman–Crippen MR) is 97.7 cm³/mol. The molecule has 3 rings (SSSR count). The number of nitrogens with zero attached hydrogens (tertiary/aromatic N) is 4. The number of H-pyrrole nitrogens is 1. The Labute approximate surface area is 152 Å². The minimum atomic E-state index is -0.284. The lowest BCUT2D eigenvalue weighted by atomic mass is 10.2. The number of aromatic amines is 1. The van der Waals surface area contributed by atoms with Crippen molar-refractivity contribution >= 4 is 23.6 Å². The first-order chi connectivity index (χ1) is 12.5. The maximum absolute atomic E-state index is 12.5. The van der Waals surface area contributed by atoms with Crippen LogP contribution in [0.15, 0.2) is 10.9 Å². The lowest BCUT2D eigenvalue weighted by molar-refractivity contribution is -0.134. The van der Waals surface area contributed by atoms with Crippen molar-refractivity contribution in [3.63, 3.8) is 0 Å². The molecule has 0 aromatic carbocycles. The molecule has 3 heterocycles. The number of likely N-dealkylation sites (tertiary alicyclic amines) is 1. The Hall–Kier alpha value is -2.58. The summed E-state index contributed by atoms with van der Waals surface area (Å²) in [5.41, 5.74) is 5.30. The van der Waals surface area contributed by atoms with Crippen molar-refractivity contribution in [2.75, 3.05) is 49.9 Å². The second-order valence-corrected chi connectivity index (χ2v) is 6.80. The first kappa shape index (κ1) is 18.2. The van der Waals surface area contributed by atoms with Crippen molar-refractivity contribution in [1.29, 1.82) is 0 Å². The minimum Gasteiger partial charge on any atom is -0.369 e. The van der Waals surface area contributed by atoms with E-state index in [4.69, 9.17) is 5.73 Å². The van der Waals surface area contributed by atoms with Crippen molar-refractivity contribution < 1.29 is 9.59 Å². The zero-order chi connectivity index (χ0) is 18.5. The molecule has 3 N–H and O–H groups in total. The fraction of sp³-hybridized carbons (Fsp3) is 0.647. The van der Waals surface area contributed by atoms with Crippen LogP contribution in [-0.4, -0.2) is 70.9 Å². The molecule has 2 fully saturated rings. The van der Waals surface area contributed by atoms with Crippen LogP contribution in [0.3, 0.4) is 0 Å². The molecule has 1 aromatic rings. The van der Waals surface area contributed by atoms with Gasteiger partial charge in [0.2, 0.25) is 17.8 Å². The molecule has 9 nitrogen and oxygen atoms in total. The highest BCUT2D eigenvalue weighted by Crippen LogP contribution is 2.14. The minimum absolute atomic E-state index is 0.0695. The zero-order valence-corrected chi connectivity index (χ0v) is 14.9. The summed E-state index contributed by atoms with van der Waals surface area (Å²) in [7, 11) is 0. The van der Waals surface area contributed by atoms with Crippen molar-refractivity contribution in [1.82, 2.24) is 19.8 Å². The van der Waals surface area contributed by atoms with Gasteiger partial charge in [-0.3, -0.25) is 19.4 Å². The topological polar surface area (TPSA) is 116 Å². The van der Waals surface area contributed by atoms with Crippen molar-refractivity contribution in [3.05, 3.63) is 16.4 Å². The molecule has 1 aromatic heterocycles. The molecule has 9 heteroatoms. The van der Waals surface area contributed by atoms with Gasteiger partial charge in [-0.1, -0.05) is 6.42 Å². The molecule has 26 heavy (non-hydrogen) atoms. The van der Waals surface area contributed by atoms with Gasteiger partial charge in [-0.15, -0.1) is 0 Å². The normalized spacial score (nSPS) is 18.8. The summed E-state index contributed by atoms with van der Waals surface area (Å²) in [6.45, 7) is 3.61. The standard InChI is InChI=1S/C17H26N6O3/c18-17-19-13(12-14(24)20-17)21-8-10-23(11-9-21)16(26)5-7-22-6-3-1-2-4-15(22)25/h12H,1-11H2,(H3,18,19,20,24). The van der Waals surface area contributed by atoms with Crippen LogP contribution >= 0.6 is 0 Å². The molecule has 0 aliphatic carbocycles. The largest absolute Gasteiger partial charge is 0.369 e. The van der Waals surface area contributed by atoms with Crippen molar-refractivity contribution in [3.8, 4) is 0 Å². The number of aromatic nitrogens is 2. The van der Waals surface area contributed by atoms with Crippen LogP contribution in [-0.2, 0) is 9.59 Å². The third-order valence-electron chi connectivity index (χ3n) is 4.97. The number of hydrogen-bond donors (Lipinski definition) is 2. The third kappa shape index (κ3) is 4.53. The monoisotopic (exact) mass is 362 g/mol. The zero-order valence-electron chi connectivity index (χ0n) is 14.9. The number of hydrogen-bond acceptors (Lipinski definition) is 6. The van der Waals surface area contributed by atoms with Crippen LogP contribution in [0.25, 0.3) is 0 Å². The number of amides is 2. The fourth-order valence-electron chi connectivity index (χ4n) is 3.47. The number of carbonyl (C=O) groups excluding carboxylic acids is 2. The number of nitrogen functional groups attached to an aromatic ring is 1. The van der Waals surface area contributed by atoms with E-state index in [0.717, 1.165) is 25.8 Å². The summed E-state index contributed by atoms with van der Waals surface area (Å²) >= 11 is 0. The Morgan fingerprint density at radius 1 is 1.12 bits per heavy atom. The van der Waals surface area contributed by atoms with E-state index in [1.165, 1.54) is 6.07 Å². The van der Waals surface area contributed by atoms with E-state index < -0.39 is 0 Å². The highest BCUT2D eigenvalue weighted by Gasteiger charge is 2.24. The number of anilines is 2. The Morgan fingerprint density at radius 3 is 2.62 bits per heavy atom. The van der Waals surface area contributed by atoms with Crippen LogP contribution in [0.4, 0.5) is 11.8 Å². The molecule has 0 unspecified atom stereocenters. The molecule has 2 aliphatic heterocycles. The van der Waals surface area contributed by atoms with Gasteiger partial charge >= 0.3 is 0 Å². The summed E-state index contributed by atoms with van der Waals surface area (Å²) < 4.78 is 0. The lowest BCUT2D eigenvalue weighted by Crippen LogP contribution is -2.49. The van der Waals surface area contributed by atoms with E-state index in [0.29, 0.717) is 51.4 Å². The van der Waals surface area contributed by atoms with Crippen molar-refractivity contribution in [2.24, 2.45) is 0 Å². The molecule has 0 spiro atoms. The number of carbonyl (C=O) groups is 2. The summed E-state index contributed by atoms with van der Waals surface area (Å²) in [6, 6.07) is 1.42. The molecule has 2 saturated heterocycles. The van der Waals surface area contributed by atoms with Crippen LogP contribution < -0.4 is 16.2 Å². The van der Waals surface area contributed by atoms with Gasteiger partial charge < -0.3 is 20.4 Å². The SMILES string of the molecule is Nc1nc(N2CCN(C(=O)CCN3CCCCCC3=O)CC2)cc(=O)[nH]1. The van der Waals surface area contributed by atoms with Gasteiger partial charge in [0.05, 0.1) is 0 Å². The molecule has 0 saturated carbocycles. The molecule has 0 radical (unpaired) electrons. The van der Waals surface area contributed by atoms with Gasteiger partial charge in [0, 0.05) is 58.2 Å². The first-order valence-electron chi connectivity index (χ1n) is 9.20. The van der Waals surface area contributed by atoms with Crippen LogP contribution in [0, 0.1) is 0 Å². The summed E-state index contributed by atoms with van der Waals surface area (Å²) in [4.78, 5) is 48.1. The molecule has 2 amide bonds. The van der Waals surface area contributed by atoms with E-state index in [2.05, 4.69) is 9.97 Å². The number of rotatable bonds is 4. The summed E-state index contributed by atoms with van der Waals surface area (Å²) in [5, 5.41) is 0.